The summed E-state index contributed by atoms with van der Waals surface area (Å²) in [6.45, 7) is 6.91. The van der Waals surface area contributed by atoms with Crippen molar-refractivity contribution in [1.29, 1.82) is 0 Å². The number of nitrogens with two attached hydrogens (primary N) is 1. The molecule has 2 rings (SSSR count). The molecule has 0 bridgehead atoms. The third-order valence-corrected chi connectivity index (χ3v) is 3.04. The van der Waals surface area contributed by atoms with Crippen LogP contribution in [0.25, 0.3) is 0 Å². The lowest BCUT2D eigenvalue weighted by Gasteiger charge is -2.34. The Bertz CT molecular complexity index is 459. The number of piperazine rings is 1. The Balaban J connectivity index is 2.42. The molecule has 2 heterocycles. The van der Waals surface area contributed by atoms with Gasteiger partial charge in [-0.15, -0.1) is 0 Å². The number of nitrogen functional groups attached to an aromatic ring is 1. The fourth-order valence-corrected chi connectivity index (χ4v) is 1.99. The van der Waals surface area contributed by atoms with Crippen LogP contribution in [-0.4, -0.2) is 35.0 Å². The van der Waals surface area contributed by atoms with Gasteiger partial charge < -0.3 is 16.0 Å². The number of nitrogens with zero attached hydrogens (tertiary/aromatic N) is 3. The van der Waals surface area contributed by atoms with Crippen LogP contribution >= 0.6 is 0 Å². The van der Waals surface area contributed by atoms with E-state index in [2.05, 4.69) is 15.3 Å². The van der Waals surface area contributed by atoms with E-state index in [1.807, 2.05) is 18.7 Å². The van der Waals surface area contributed by atoms with Gasteiger partial charge in [-0.1, -0.05) is 0 Å². The summed E-state index contributed by atoms with van der Waals surface area (Å²) in [6.07, 6.45) is 0. The highest BCUT2D eigenvalue weighted by molar-refractivity contribution is 5.86. The van der Waals surface area contributed by atoms with Crippen molar-refractivity contribution in [1.82, 2.24) is 15.3 Å². The summed E-state index contributed by atoms with van der Waals surface area (Å²) < 4.78 is 0. The van der Waals surface area contributed by atoms with E-state index < -0.39 is 0 Å². The van der Waals surface area contributed by atoms with Crippen LogP contribution in [0.4, 0.5) is 11.6 Å². The molecule has 1 atom stereocenters. The maximum absolute atomic E-state index is 11.6. The average Bonchev–Trinajstić information content (AvgIpc) is 2.27. The molecule has 0 aliphatic carbocycles. The zero-order chi connectivity index (χ0) is 12.6. The Kier molecular flexibility index (Phi) is 2.87. The molecule has 1 amide bonds. The Morgan fingerprint density at radius 3 is 2.82 bits per heavy atom. The number of carbonyl (C=O) groups excluding carboxylic acids is 1. The molecule has 1 saturated heterocycles. The molecule has 1 aromatic rings. The predicted octanol–water partition coefficient (Wildman–Crippen LogP) is 0.000340. The van der Waals surface area contributed by atoms with Crippen LogP contribution in [0.15, 0.2) is 0 Å². The molecule has 1 aliphatic heterocycles. The van der Waals surface area contributed by atoms with E-state index in [1.165, 1.54) is 0 Å². The van der Waals surface area contributed by atoms with Crippen molar-refractivity contribution in [3.8, 4) is 0 Å². The van der Waals surface area contributed by atoms with Crippen molar-refractivity contribution in [2.24, 2.45) is 0 Å². The number of hydrogen-bond acceptors (Lipinski definition) is 5. The topological polar surface area (TPSA) is 84.1 Å². The van der Waals surface area contributed by atoms with Gasteiger partial charge in [0, 0.05) is 18.7 Å². The van der Waals surface area contributed by atoms with Crippen LogP contribution < -0.4 is 16.0 Å². The molecule has 92 valence electrons. The lowest BCUT2D eigenvalue weighted by molar-refractivity contribution is -0.122. The highest BCUT2D eigenvalue weighted by atomic mass is 16.2. The Labute approximate surface area is 100 Å². The molecule has 6 heteroatoms. The van der Waals surface area contributed by atoms with E-state index in [9.17, 15) is 4.79 Å². The quantitative estimate of drug-likeness (QED) is 0.715. The first-order chi connectivity index (χ1) is 8.00. The Hall–Kier alpha value is -1.85. The molecule has 1 unspecified atom stereocenters. The van der Waals surface area contributed by atoms with E-state index in [-0.39, 0.29) is 11.9 Å². The lowest BCUT2D eigenvalue weighted by atomic mass is 10.1. The minimum atomic E-state index is -0.226. The highest BCUT2D eigenvalue weighted by Crippen LogP contribution is 2.24. The van der Waals surface area contributed by atoms with Crippen LogP contribution in [0, 0.1) is 13.8 Å². The number of carbonyl (C=O) groups is 1. The van der Waals surface area contributed by atoms with E-state index in [0.29, 0.717) is 18.2 Å². The molecule has 0 saturated carbocycles. The second-order valence-electron chi connectivity index (χ2n) is 4.27. The summed E-state index contributed by atoms with van der Waals surface area (Å²) in [6, 6.07) is -0.226. The number of hydrogen-bond donors (Lipinski definition) is 2. The lowest BCUT2D eigenvalue weighted by Crippen LogP contribution is -2.54. The van der Waals surface area contributed by atoms with Gasteiger partial charge in [-0.2, -0.15) is 0 Å². The molecule has 0 aromatic carbocycles. The van der Waals surface area contributed by atoms with Crippen molar-refractivity contribution >= 4 is 17.5 Å². The van der Waals surface area contributed by atoms with Crippen LogP contribution in [0.5, 0.6) is 0 Å². The van der Waals surface area contributed by atoms with E-state index in [0.717, 1.165) is 17.9 Å². The smallest absolute Gasteiger partial charge is 0.242 e. The number of aryl methyl sites for hydroxylation is 1. The number of anilines is 2. The van der Waals surface area contributed by atoms with Crippen molar-refractivity contribution < 1.29 is 4.79 Å². The SMILES string of the molecule is Cc1nc(N)c(C)c(N2CCNC(=O)C2C)n1. The highest BCUT2D eigenvalue weighted by Gasteiger charge is 2.28. The van der Waals surface area contributed by atoms with Gasteiger partial charge in [-0.05, 0) is 20.8 Å². The second-order valence-corrected chi connectivity index (χ2v) is 4.27. The molecular formula is C11H17N5O. The first-order valence-electron chi connectivity index (χ1n) is 5.65. The third-order valence-electron chi connectivity index (χ3n) is 3.04. The first kappa shape index (κ1) is 11.6. The third kappa shape index (κ3) is 2.02. The van der Waals surface area contributed by atoms with Gasteiger partial charge in [-0.3, -0.25) is 4.79 Å². The van der Waals surface area contributed by atoms with E-state index in [1.54, 1.807) is 6.92 Å². The summed E-state index contributed by atoms with van der Waals surface area (Å²) in [5, 5.41) is 2.82. The van der Waals surface area contributed by atoms with Crippen molar-refractivity contribution in [3.63, 3.8) is 0 Å². The Morgan fingerprint density at radius 2 is 2.12 bits per heavy atom. The van der Waals surface area contributed by atoms with Gasteiger partial charge in [0.25, 0.3) is 0 Å². The van der Waals surface area contributed by atoms with E-state index in [4.69, 9.17) is 5.73 Å². The standard InChI is InChI=1S/C11H17N5O/c1-6-9(12)14-8(3)15-10(6)16-5-4-13-11(17)7(16)2/h7H,4-5H2,1-3H3,(H,13,17)(H2,12,14,15). The van der Waals surface area contributed by atoms with Crippen molar-refractivity contribution in [2.45, 2.75) is 26.8 Å². The number of aromatic nitrogens is 2. The minimum Gasteiger partial charge on any atom is -0.383 e. The average molecular weight is 235 g/mol. The van der Waals surface area contributed by atoms with Gasteiger partial charge >= 0.3 is 0 Å². The zero-order valence-corrected chi connectivity index (χ0v) is 10.3. The van der Waals surface area contributed by atoms with Gasteiger partial charge in [0.2, 0.25) is 5.91 Å². The van der Waals surface area contributed by atoms with Gasteiger partial charge in [0.15, 0.2) is 0 Å². The molecule has 17 heavy (non-hydrogen) atoms. The molecule has 1 fully saturated rings. The van der Waals surface area contributed by atoms with Gasteiger partial charge in [0.1, 0.15) is 23.5 Å². The van der Waals surface area contributed by atoms with Crippen molar-refractivity contribution in [2.75, 3.05) is 23.7 Å². The minimum absolute atomic E-state index is 0.0190. The fraction of sp³-hybridized carbons (Fsp3) is 0.545. The number of nitrogens with one attached hydrogen (secondary N) is 1. The maximum Gasteiger partial charge on any atom is 0.242 e. The monoisotopic (exact) mass is 235 g/mol. The molecule has 6 nitrogen and oxygen atoms in total. The van der Waals surface area contributed by atoms with E-state index >= 15 is 0 Å². The molecule has 1 aliphatic rings. The molecule has 3 N–H and O–H groups in total. The second kappa shape index (κ2) is 4.20. The summed E-state index contributed by atoms with van der Waals surface area (Å²) in [7, 11) is 0. The predicted molar refractivity (Wildman–Crippen MR) is 65.7 cm³/mol. The number of rotatable bonds is 1. The summed E-state index contributed by atoms with van der Waals surface area (Å²) in [5.41, 5.74) is 6.66. The molecular weight excluding hydrogens is 218 g/mol. The number of amides is 1. The molecule has 1 aromatic heterocycles. The molecule has 0 radical (unpaired) electrons. The van der Waals surface area contributed by atoms with Gasteiger partial charge in [0.05, 0.1) is 0 Å². The van der Waals surface area contributed by atoms with Gasteiger partial charge in [-0.25, -0.2) is 9.97 Å². The molecule has 0 spiro atoms. The largest absolute Gasteiger partial charge is 0.383 e. The summed E-state index contributed by atoms with van der Waals surface area (Å²) in [4.78, 5) is 22.1. The summed E-state index contributed by atoms with van der Waals surface area (Å²) in [5.74, 6) is 1.88. The van der Waals surface area contributed by atoms with Crippen molar-refractivity contribution in [3.05, 3.63) is 11.4 Å². The van der Waals surface area contributed by atoms with Crippen LogP contribution in [0.3, 0.4) is 0 Å². The van der Waals surface area contributed by atoms with Crippen LogP contribution in [0.2, 0.25) is 0 Å². The van der Waals surface area contributed by atoms with Crippen LogP contribution in [0.1, 0.15) is 18.3 Å². The fourth-order valence-electron chi connectivity index (χ4n) is 1.99. The van der Waals surface area contributed by atoms with Crippen LogP contribution in [-0.2, 0) is 4.79 Å². The zero-order valence-electron chi connectivity index (χ0n) is 10.3. The maximum atomic E-state index is 11.6. The normalized spacial score (nSPS) is 20.3. The Morgan fingerprint density at radius 1 is 1.41 bits per heavy atom. The summed E-state index contributed by atoms with van der Waals surface area (Å²) >= 11 is 0. The first-order valence-corrected chi connectivity index (χ1v) is 5.65.